The molecule has 0 aliphatic heterocycles. The molecule has 0 aliphatic rings. The minimum absolute atomic E-state index is 1.17. The average Bonchev–Trinajstić information content (AvgIpc) is 3.18. The molecule has 0 amide bonds. The fourth-order valence-corrected chi connectivity index (χ4v) is 4.70. The molecule has 0 spiro atoms. The lowest BCUT2D eigenvalue weighted by atomic mass is 9.89. The van der Waals surface area contributed by atoms with Crippen molar-refractivity contribution in [2.45, 2.75) is 39.0 Å². The van der Waals surface area contributed by atoms with E-state index in [4.69, 9.17) is 0 Å². The van der Waals surface area contributed by atoms with Gasteiger partial charge in [0.2, 0.25) is 0 Å². The zero-order valence-corrected chi connectivity index (χ0v) is 15.6. The van der Waals surface area contributed by atoms with Gasteiger partial charge in [-0.3, -0.25) is 0 Å². The van der Waals surface area contributed by atoms with Gasteiger partial charge in [0, 0.05) is 10.4 Å². The predicted octanol–water partition coefficient (Wildman–Crippen LogP) is 7.84. The number of hydrogen-bond donors (Lipinski definition) is 0. The van der Waals surface area contributed by atoms with Crippen molar-refractivity contribution in [3.05, 3.63) is 71.6 Å². The highest BCUT2D eigenvalue weighted by atomic mass is 32.1. The van der Waals surface area contributed by atoms with Crippen molar-refractivity contribution >= 4 is 32.9 Å². The van der Waals surface area contributed by atoms with E-state index in [0.717, 1.165) is 0 Å². The molecule has 0 atom stereocenters. The second-order valence-electron chi connectivity index (χ2n) is 6.73. The maximum atomic E-state index is 2.31. The van der Waals surface area contributed by atoms with Crippen LogP contribution < -0.4 is 0 Å². The van der Waals surface area contributed by atoms with Crippen molar-refractivity contribution in [2.24, 2.45) is 0 Å². The Morgan fingerprint density at radius 2 is 1.32 bits per heavy atom. The molecule has 0 fully saturated rings. The highest BCUT2D eigenvalue weighted by molar-refractivity contribution is 7.13. The van der Waals surface area contributed by atoms with Gasteiger partial charge in [-0.1, -0.05) is 80.8 Å². The summed E-state index contributed by atoms with van der Waals surface area (Å²) in [6.07, 6.45) is 6.40. The van der Waals surface area contributed by atoms with Crippen molar-refractivity contribution in [1.82, 2.24) is 0 Å². The molecule has 1 heterocycles. The van der Waals surface area contributed by atoms with E-state index in [-0.39, 0.29) is 0 Å². The predicted molar refractivity (Wildman–Crippen MR) is 113 cm³/mol. The van der Waals surface area contributed by atoms with Gasteiger partial charge in [-0.2, -0.15) is 0 Å². The van der Waals surface area contributed by atoms with Crippen LogP contribution >= 0.6 is 11.3 Å². The van der Waals surface area contributed by atoms with E-state index >= 15 is 0 Å². The maximum absolute atomic E-state index is 2.31. The van der Waals surface area contributed by atoms with Crippen LogP contribution in [0, 0.1) is 0 Å². The van der Waals surface area contributed by atoms with Crippen LogP contribution in [0.1, 0.15) is 38.2 Å². The number of thiophene rings is 1. The Bertz CT molecular complexity index is 923. The molecule has 126 valence electrons. The lowest BCUT2D eigenvalue weighted by molar-refractivity contribution is 0.669. The molecule has 1 aromatic heterocycles. The number of hydrogen-bond acceptors (Lipinski definition) is 1. The van der Waals surface area contributed by atoms with Crippen molar-refractivity contribution in [3.63, 3.8) is 0 Å². The lowest BCUT2D eigenvalue weighted by Crippen LogP contribution is -1.93. The summed E-state index contributed by atoms with van der Waals surface area (Å²) in [4.78, 5) is 1.37. The molecule has 0 aliphatic carbocycles. The van der Waals surface area contributed by atoms with Crippen molar-refractivity contribution < 1.29 is 0 Å². The second-order valence-corrected chi connectivity index (χ2v) is 7.68. The standard InChI is InChI=1S/C24H24S/c1-2-3-4-5-11-18-19-12-6-8-14-21(19)24(23-16-10-17-25-23)22-15-9-7-13-20(18)22/h6-10,12-17H,2-5,11H2,1H3. The molecule has 0 saturated carbocycles. The first-order valence-electron chi connectivity index (χ1n) is 9.36. The summed E-state index contributed by atoms with van der Waals surface area (Å²) in [5.74, 6) is 0. The first kappa shape index (κ1) is 16.4. The van der Waals surface area contributed by atoms with Gasteiger partial charge >= 0.3 is 0 Å². The molecule has 4 aromatic rings. The Morgan fingerprint density at radius 3 is 1.88 bits per heavy atom. The van der Waals surface area contributed by atoms with Gasteiger partial charge in [0.15, 0.2) is 0 Å². The van der Waals surface area contributed by atoms with Gasteiger partial charge in [-0.15, -0.1) is 11.3 Å². The largest absolute Gasteiger partial charge is 0.144 e. The number of fused-ring (bicyclic) bond motifs is 2. The van der Waals surface area contributed by atoms with Gasteiger partial charge in [0.05, 0.1) is 0 Å². The van der Waals surface area contributed by atoms with Crippen LogP contribution in [0.25, 0.3) is 32.0 Å². The summed E-state index contributed by atoms with van der Waals surface area (Å²) in [6.45, 7) is 2.28. The molecule has 4 rings (SSSR count). The van der Waals surface area contributed by atoms with E-state index in [1.54, 1.807) is 0 Å². The Hall–Kier alpha value is -2.12. The zero-order chi connectivity index (χ0) is 17.1. The zero-order valence-electron chi connectivity index (χ0n) is 14.8. The quantitative estimate of drug-likeness (QED) is 0.247. The molecule has 0 bridgehead atoms. The van der Waals surface area contributed by atoms with E-state index in [0.29, 0.717) is 0 Å². The van der Waals surface area contributed by atoms with Gasteiger partial charge in [-0.05, 0) is 51.4 Å². The smallest absolute Gasteiger partial charge is 0.0355 e. The van der Waals surface area contributed by atoms with E-state index in [1.165, 1.54) is 69.7 Å². The molecule has 25 heavy (non-hydrogen) atoms. The number of aryl methyl sites for hydroxylation is 1. The summed E-state index contributed by atoms with van der Waals surface area (Å²) in [6, 6.07) is 22.3. The minimum Gasteiger partial charge on any atom is -0.144 e. The Balaban J connectivity index is 1.97. The fraction of sp³-hybridized carbons (Fsp3) is 0.250. The van der Waals surface area contributed by atoms with Crippen LogP contribution in [0.2, 0.25) is 0 Å². The minimum atomic E-state index is 1.17. The molecule has 0 radical (unpaired) electrons. The van der Waals surface area contributed by atoms with E-state index in [1.807, 2.05) is 11.3 Å². The average molecular weight is 345 g/mol. The highest BCUT2D eigenvalue weighted by Gasteiger charge is 2.15. The van der Waals surface area contributed by atoms with E-state index in [9.17, 15) is 0 Å². The van der Waals surface area contributed by atoms with Crippen molar-refractivity contribution in [3.8, 4) is 10.4 Å². The molecular formula is C24H24S. The summed E-state index contributed by atoms with van der Waals surface area (Å²) >= 11 is 1.84. The SMILES string of the molecule is CCCCCCc1c2ccccc2c(-c2cccs2)c2ccccc12. The normalized spacial score (nSPS) is 11.4. The van der Waals surface area contributed by atoms with Crippen molar-refractivity contribution in [1.29, 1.82) is 0 Å². The number of rotatable bonds is 6. The van der Waals surface area contributed by atoms with Gasteiger partial charge in [0.25, 0.3) is 0 Å². The molecule has 0 N–H and O–H groups in total. The van der Waals surface area contributed by atoms with Gasteiger partial charge in [-0.25, -0.2) is 0 Å². The first-order chi connectivity index (χ1) is 12.4. The number of unbranched alkanes of at least 4 members (excludes halogenated alkanes) is 3. The fourth-order valence-electron chi connectivity index (χ4n) is 3.90. The highest BCUT2D eigenvalue weighted by Crippen LogP contribution is 2.41. The Kier molecular flexibility index (Phi) is 4.85. The van der Waals surface area contributed by atoms with Gasteiger partial charge in [0.1, 0.15) is 0 Å². The Labute approximate surface area is 154 Å². The Morgan fingerprint density at radius 1 is 0.680 bits per heavy atom. The molecular weight excluding hydrogens is 320 g/mol. The first-order valence-corrected chi connectivity index (χ1v) is 10.2. The summed E-state index contributed by atoms with van der Waals surface area (Å²) in [5.41, 5.74) is 2.93. The van der Waals surface area contributed by atoms with E-state index < -0.39 is 0 Å². The van der Waals surface area contributed by atoms with Crippen LogP contribution in [0.4, 0.5) is 0 Å². The molecule has 0 nitrogen and oxygen atoms in total. The third kappa shape index (κ3) is 3.09. The van der Waals surface area contributed by atoms with Crippen LogP contribution in [-0.2, 0) is 6.42 Å². The summed E-state index contributed by atoms with van der Waals surface area (Å²) < 4.78 is 0. The summed E-state index contributed by atoms with van der Waals surface area (Å²) in [5, 5.41) is 7.84. The van der Waals surface area contributed by atoms with E-state index in [2.05, 4.69) is 73.0 Å². The van der Waals surface area contributed by atoms with Crippen molar-refractivity contribution in [2.75, 3.05) is 0 Å². The maximum Gasteiger partial charge on any atom is 0.0355 e. The van der Waals surface area contributed by atoms with Gasteiger partial charge < -0.3 is 0 Å². The third-order valence-electron chi connectivity index (χ3n) is 5.09. The van der Waals surface area contributed by atoms with Crippen LogP contribution in [0.15, 0.2) is 66.0 Å². The molecule has 3 aromatic carbocycles. The number of benzene rings is 3. The van der Waals surface area contributed by atoms with Crippen LogP contribution in [0.5, 0.6) is 0 Å². The monoisotopic (exact) mass is 344 g/mol. The molecule has 1 heteroatoms. The topological polar surface area (TPSA) is 0 Å². The third-order valence-corrected chi connectivity index (χ3v) is 5.98. The molecule has 0 saturated heterocycles. The second kappa shape index (κ2) is 7.41. The summed E-state index contributed by atoms with van der Waals surface area (Å²) in [7, 11) is 0. The molecule has 0 unspecified atom stereocenters. The van der Waals surface area contributed by atoms with Crippen LogP contribution in [0.3, 0.4) is 0 Å². The van der Waals surface area contributed by atoms with Crippen LogP contribution in [-0.4, -0.2) is 0 Å². The lowest BCUT2D eigenvalue weighted by Gasteiger charge is -2.16.